The monoisotopic (exact) mass is 476 g/mol. The van der Waals surface area contributed by atoms with E-state index in [4.69, 9.17) is 11.5 Å². The molecule has 4 rings (SSSR count). The summed E-state index contributed by atoms with van der Waals surface area (Å²) in [6.07, 6.45) is 2.32. The number of rotatable bonds is 6. The van der Waals surface area contributed by atoms with Crippen LogP contribution in [0.4, 0.5) is 10.9 Å². The summed E-state index contributed by atoms with van der Waals surface area (Å²) < 4.78 is 3.81. The van der Waals surface area contributed by atoms with Crippen molar-refractivity contribution in [3.63, 3.8) is 0 Å². The fraction of sp³-hybridized carbons (Fsp3) is 0.235. The highest BCUT2D eigenvalue weighted by molar-refractivity contribution is 8.03. The number of allylic oxidation sites excluding steroid dienone is 1. The number of aromatic nitrogens is 3. The van der Waals surface area contributed by atoms with Crippen molar-refractivity contribution < 1.29 is 24.7 Å². The Hall–Kier alpha value is -3.72. The topological polar surface area (TPSA) is 210 Å². The van der Waals surface area contributed by atoms with E-state index in [2.05, 4.69) is 24.8 Å². The lowest BCUT2D eigenvalue weighted by atomic mass is 9.86. The number of nitrogen functional groups attached to an aromatic ring is 2. The zero-order chi connectivity index (χ0) is 23.0. The van der Waals surface area contributed by atoms with Gasteiger partial charge in [0, 0.05) is 27.5 Å². The van der Waals surface area contributed by atoms with E-state index in [9.17, 15) is 24.7 Å². The number of oxime groups is 1. The number of carboxylic acids is 1. The summed E-state index contributed by atoms with van der Waals surface area (Å²) in [6, 6.07) is 1.77. The van der Waals surface area contributed by atoms with Crippen LogP contribution in [-0.2, 0) is 14.4 Å². The Bertz CT molecular complexity index is 1160. The number of hydrogen-bond acceptors (Lipinski definition) is 12. The number of anilines is 2. The Morgan fingerprint density at radius 2 is 2.12 bits per heavy atom. The Morgan fingerprint density at radius 1 is 1.34 bits per heavy atom. The minimum atomic E-state index is -1.25. The molecule has 0 spiro atoms. The fourth-order valence-corrected chi connectivity index (χ4v) is 4.92. The number of carbonyl (C=O) groups excluding carboxylic acids is 2. The van der Waals surface area contributed by atoms with Gasteiger partial charge in [0.2, 0.25) is 11.5 Å². The van der Waals surface area contributed by atoms with Gasteiger partial charge >= 0.3 is 5.97 Å². The van der Waals surface area contributed by atoms with Gasteiger partial charge in [0.05, 0.1) is 6.04 Å². The number of thioether (sulfide) groups is 1. The third kappa shape index (κ3) is 3.82. The van der Waals surface area contributed by atoms with Crippen LogP contribution in [0.15, 0.2) is 39.0 Å². The van der Waals surface area contributed by atoms with Gasteiger partial charge in [-0.05, 0) is 25.0 Å². The first-order valence-electron chi connectivity index (χ1n) is 9.11. The van der Waals surface area contributed by atoms with E-state index in [0.29, 0.717) is 28.5 Å². The lowest BCUT2D eigenvalue weighted by Gasteiger charge is -2.50. The van der Waals surface area contributed by atoms with Gasteiger partial charge in [-0.2, -0.15) is 9.36 Å². The number of nitrogens with one attached hydrogen (secondary N) is 1. The van der Waals surface area contributed by atoms with Gasteiger partial charge in [0.1, 0.15) is 17.6 Å². The highest BCUT2D eigenvalue weighted by Gasteiger charge is 2.53. The van der Waals surface area contributed by atoms with Crippen LogP contribution < -0.4 is 16.8 Å². The zero-order valence-electron chi connectivity index (χ0n) is 16.1. The van der Waals surface area contributed by atoms with Gasteiger partial charge in [-0.3, -0.25) is 14.5 Å². The van der Waals surface area contributed by atoms with E-state index in [1.54, 1.807) is 12.1 Å². The molecule has 13 nitrogen and oxygen atoms in total. The number of carbonyl (C=O) groups is 3. The first kappa shape index (κ1) is 21.5. The second-order valence-electron chi connectivity index (χ2n) is 6.77. The number of aliphatic carboxylic acids is 1. The van der Waals surface area contributed by atoms with Crippen LogP contribution in [0.25, 0.3) is 0 Å². The number of nitrogens with zero attached hydrogens (tertiary/aromatic N) is 5. The molecule has 15 heteroatoms. The minimum Gasteiger partial charge on any atom is -0.477 e. The van der Waals surface area contributed by atoms with E-state index in [1.165, 1.54) is 22.9 Å². The van der Waals surface area contributed by atoms with Crippen molar-refractivity contribution in [2.24, 2.45) is 5.16 Å². The van der Waals surface area contributed by atoms with Crippen LogP contribution in [-0.4, -0.2) is 65.1 Å². The summed E-state index contributed by atoms with van der Waals surface area (Å²) >= 11 is 2.01. The molecule has 0 radical (unpaired) electrons. The van der Waals surface area contributed by atoms with E-state index >= 15 is 0 Å². The number of pyridine rings is 1. The van der Waals surface area contributed by atoms with Crippen molar-refractivity contribution in [3.05, 3.63) is 34.8 Å². The minimum absolute atomic E-state index is 0.0738. The molecule has 2 aromatic heterocycles. The van der Waals surface area contributed by atoms with Crippen LogP contribution in [0.5, 0.6) is 0 Å². The van der Waals surface area contributed by atoms with Crippen LogP contribution >= 0.6 is 23.3 Å². The van der Waals surface area contributed by atoms with Gasteiger partial charge in [0.15, 0.2) is 5.13 Å². The normalized spacial score (nSPS) is 20.6. The SMILES string of the molecule is Nc1ccc(SC2=C(C(=O)O)N3C(=O)C(NC(=O)/C(=N\O)c4nsc(N)n4)C3CC2)cn1. The number of β-lactam (4-membered cyclic amide) rings is 1. The second kappa shape index (κ2) is 8.43. The highest BCUT2D eigenvalue weighted by Crippen LogP contribution is 2.43. The van der Waals surface area contributed by atoms with E-state index < -0.39 is 35.6 Å². The van der Waals surface area contributed by atoms with Crippen molar-refractivity contribution >= 4 is 57.7 Å². The molecule has 1 saturated heterocycles. The molecule has 32 heavy (non-hydrogen) atoms. The molecule has 2 aliphatic heterocycles. The second-order valence-corrected chi connectivity index (χ2v) is 8.72. The summed E-state index contributed by atoms with van der Waals surface area (Å²) in [5, 5.41) is 24.4. The van der Waals surface area contributed by atoms with Crippen molar-refractivity contribution in [2.75, 3.05) is 11.5 Å². The Kier molecular flexibility index (Phi) is 5.67. The van der Waals surface area contributed by atoms with Gasteiger partial charge in [-0.1, -0.05) is 16.9 Å². The molecule has 0 aromatic carbocycles. The Labute approximate surface area is 188 Å². The number of nitrogens with two attached hydrogens (primary N) is 2. The van der Waals surface area contributed by atoms with Crippen LogP contribution in [0.2, 0.25) is 0 Å². The summed E-state index contributed by atoms with van der Waals surface area (Å²) in [4.78, 5) is 47.3. The predicted octanol–water partition coefficient (Wildman–Crippen LogP) is -0.146. The fourth-order valence-electron chi connectivity index (χ4n) is 3.45. The van der Waals surface area contributed by atoms with Gasteiger partial charge < -0.3 is 27.1 Å². The molecule has 2 amide bonds. The Morgan fingerprint density at radius 3 is 2.72 bits per heavy atom. The molecule has 4 heterocycles. The molecule has 2 atom stereocenters. The molecule has 166 valence electrons. The maximum absolute atomic E-state index is 12.8. The highest BCUT2D eigenvalue weighted by atomic mass is 32.2. The predicted molar refractivity (Wildman–Crippen MR) is 114 cm³/mol. The molecule has 2 aliphatic rings. The van der Waals surface area contributed by atoms with Gasteiger partial charge in [0.25, 0.3) is 11.8 Å². The molecule has 0 saturated carbocycles. The molecule has 2 unspecified atom stereocenters. The maximum atomic E-state index is 12.8. The molecular weight excluding hydrogens is 460 g/mol. The van der Waals surface area contributed by atoms with Crippen LogP contribution in [0.3, 0.4) is 0 Å². The van der Waals surface area contributed by atoms with Crippen molar-refractivity contribution in [3.8, 4) is 0 Å². The third-order valence-corrected chi connectivity index (χ3v) is 6.51. The molecule has 2 aromatic rings. The summed E-state index contributed by atoms with van der Waals surface area (Å²) in [7, 11) is 0. The molecular formula is C17H16N8O5S2. The van der Waals surface area contributed by atoms with Crippen molar-refractivity contribution in [1.29, 1.82) is 0 Å². The number of fused-ring (bicyclic) bond motifs is 1. The smallest absolute Gasteiger partial charge is 0.353 e. The van der Waals surface area contributed by atoms with E-state index in [0.717, 1.165) is 11.5 Å². The maximum Gasteiger partial charge on any atom is 0.353 e. The van der Waals surface area contributed by atoms with Gasteiger partial charge in [-0.15, -0.1) is 0 Å². The number of carboxylic acid groups (broad SMARTS) is 1. The van der Waals surface area contributed by atoms with Gasteiger partial charge in [-0.25, -0.2) is 9.78 Å². The van der Waals surface area contributed by atoms with Crippen molar-refractivity contribution in [2.45, 2.75) is 29.8 Å². The number of amides is 2. The largest absolute Gasteiger partial charge is 0.477 e. The standard InChI is InChI=1S/C17H16N8O5S2/c18-9-4-1-6(5-20-9)31-8-3-2-7-10(15(27)25(7)12(8)16(28)29)21-14(26)11(23-30)13-22-17(19)32-24-13/h1,4-5,7,10,30H,2-3H2,(H2,18,20)(H,21,26)(H,28,29)(H2,19,22,24)/b23-11-. The molecule has 0 aliphatic carbocycles. The first-order valence-corrected chi connectivity index (χ1v) is 10.7. The van der Waals surface area contributed by atoms with E-state index in [-0.39, 0.29) is 16.7 Å². The van der Waals surface area contributed by atoms with Crippen molar-refractivity contribution in [1.82, 2.24) is 24.6 Å². The summed E-state index contributed by atoms with van der Waals surface area (Å²) in [5.74, 6) is -2.56. The zero-order valence-corrected chi connectivity index (χ0v) is 17.8. The molecule has 7 N–H and O–H groups in total. The Balaban J connectivity index is 1.52. The first-order chi connectivity index (χ1) is 15.3. The lowest BCUT2D eigenvalue weighted by molar-refractivity contribution is -0.155. The summed E-state index contributed by atoms with van der Waals surface area (Å²) in [5.41, 5.74) is 10.4. The van der Waals surface area contributed by atoms with Crippen LogP contribution in [0, 0.1) is 0 Å². The van der Waals surface area contributed by atoms with Crippen LogP contribution in [0.1, 0.15) is 18.7 Å². The third-order valence-electron chi connectivity index (χ3n) is 4.85. The van der Waals surface area contributed by atoms with E-state index in [1.807, 2.05) is 0 Å². The summed E-state index contributed by atoms with van der Waals surface area (Å²) in [6.45, 7) is 0. The quantitative estimate of drug-likeness (QED) is 0.160. The lowest BCUT2D eigenvalue weighted by Crippen LogP contribution is -2.72. The average molecular weight is 477 g/mol. The molecule has 0 bridgehead atoms. The number of hydrogen-bond donors (Lipinski definition) is 5. The molecule has 1 fully saturated rings. The average Bonchev–Trinajstić information content (AvgIpc) is 3.19.